The highest BCUT2D eigenvalue weighted by molar-refractivity contribution is 5.69. The van der Waals surface area contributed by atoms with Crippen molar-refractivity contribution in [3.63, 3.8) is 0 Å². The molecule has 0 bridgehead atoms. The first-order chi connectivity index (χ1) is 13.4. The van der Waals surface area contributed by atoms with E-state index in [1.54, 1.807) is 4.90 Å². The largest absolute Gasteiger partial charge is 0.466 e. The van der Waals surface area contributed by atoms with Crippen LogP contribution in [0.25, 0.3) is 0 Å². The second-order valence-electron chi connectivity index (χ2n) is 7.75. The van der Waals surface area contributed by atoms with Crippen LogP contribution >= 0.6 is 0 Å². The predicted molar refractivity (Wildman–Crippen MR) is 110 cm³/mol. The highest BCUT2D eigenvalue weighted by Crippen LogP contribution is 2.15. The second kappa shape index (κ2) is 17.3. The molecule has 0 radical (unpaired) electrons. The molecule has 1 unspecified atom stereocenters. The fraction of sp³-hybridized carbons (Fsp3) is 0.864. The summed E-state index contributed by atoms with van der Waals surface area (Å²) in [4.78, 5) is 24.3. The lowest BCUT2D eigenvalue weighted by Crippen LogP contribution is -2.23. The van der Waals surface area contributed by atoms with E-state index >= 15 is 0 Å². The molecule has 0 saturated heterocycles. The van der Waals surface area contributed by atoms with Gasteiger partial charge in [-0.25, -0.2) is 0 Å². The zero-order valence-corrected chi connectivity index (χ0v) is 18.4. The summed E-state index contributed by atoms with van der Waals surface area (Å²) in [5, 5.41) is 9.30. The summed E-state index contributed by atoms with van der Waals surface area (Å²) in [6.45, 7) is 9.53. The van der Waals surface area contributed by atoms with Crippen LogP contribution in [-0.2, 0) is 19.1 Å². The van der Waals surface area contributed by atoms with E-state index in [4.69, 9.17) is 9.47 Å². The number of nitrogens with zero attached hydrogens (tertiary/aromatic N) is 2. The van der Waals surface area contributed by atoms with E-state index in [1.807, 2.05) is 6.92 Å². The van der Waals surface area contributed by atoms with Gasteiger partial charge in [-0.3, -0.25) is 9.59 Å². The standard InChI is InChI=1S/C22H40N2O4/c1-5-27-22(26)15-8-6-7-9-16-24(18-23)17-11-14-21(28-20(4)25)13-10-12-19(2)3/h19,21H,5-17H2,1-4H3. The van der Waals surface area contributed by atoms with Crippen LogP contribution in [0.15, 0.2) is 0 Å². The molecule has 162 valence electrons. The molecule has 0 aromatic rings. The third kappa shape index (κ3) is 16.4. The van der Waals surface area contributed by atoms with Crippen molar-refractivity contribution in [2.45, 2.75) is 98.0 Å². The van der Waals surface area contributed by atoms with Gasteiger partial charge in [0, 0.05) is 26.4 Å². The monoisotopic (exact) mass is 396 g/mol. The van der Waals surface area contributed by atoms with E-state index in [1.165, 1.54) is 6.92 Å². The fourth-order valence-corrected chi connectivity index (χ4v) is 3.13. The maximum Gasteiger partial charge on any atom is 0.305 e. The number of ether oxygens (including phenoxy) is 2. The molecule has 0 rings (SSSR count). The van der Waals surface area contributed by atoms with E-state index < -0.39 is 0 Å². The van der Waals surface area contributed by atoms with Crippen molar-refractivity contribution in [2.75, 3.05) is 19.7 Å². The molecule has 28 heavy (non-hydrogen) atoms. The molecular formula is C22H40N2O4. The Morgan fingerprint density at radius 2 is 1.61 bits per heavy atom. The Morgan fingerprint density at radius 1 is 0.964 bits per heavy atom. The highest BCUT2D eigenvalue weighted by Gasteiger charge is 2.13. The molecule has 0 aromatic heterocycles. The molecule has 6 nitrogen and oxygen atoms in total. The van der Waals surface area contributed by atoms with Crippen LogP contribution in [0.5, 0.6) is 0 Å². The normalized spacial score (nSPS) is 11.7. The van der Waals surface area contributed by atoms with Gasteiger partial charge in [-0.05, 0) is 51.4 Å². The summed E-state index contributed by atoms with van der Waals surface area (Å²) in [5.74, 6) is 0.302. The lowest BCUT2D eigenvalue weighted by atomic mass is 10.0. The van der Waals surface area contributed by atoms with Crippen molar-refractivity contribution in [3.8, 4) is 6.19 Å². The molecule has 0 N–H and O–H groups in total. The Kier molecular flexibility index (Phi) is 16.2. The van der Waals surface area contributed by atoms with Gasteiger partial charge in [-0.1, -0.05) is 33.1 Å². The van der Waals surface area contributed by atoms with E-state index in [0.717, 1.165) is 64.3 Å². The molecule has 0 aliphatic rings. The van der Waals surface area contributed by atoms with Crippen LogP contribution in [-0.4, -0.2) is 42.6 Å². The van der Waals surface area contributed by atoms with Gasteiger partial charge in [-0.15, -0.1) is 0 Å². The Balaban J connectivity index is 3.95. The van der Waals surface area contributed by atoms with Crippen LogP contribution in [0.2, 0.25) is 0 Å². The number of carbonyl (C=O) groups is 2. The van der Waals surface area contributed by atoms with Crippen molar-refractivity contribution in [1.29, 1.82) is 5.26 Å². The number of carbonyl (C=O) groups excluding carboxylic acids is 2. The zero-order chi connectivity index (χ0) is 21.2. The average Bonchev–Trinajstić information content (AvgIpc) is 2.62. The maximum absolute atomic E-state index is 11.3. The summed E-state index contributed by atoms with van der Waals surface area (Å²) in [6, 6.07) is 0. The lowest BCUT2D eigenvalue weighted by molar-refractivity contribution is -0.147. The third-order valence-electron chi connectivity index (χ3n) is 4.60. The smallest absolute Gasteiger partial charge is 0.305 e. The zero-order valence-electron chi connectivity index (χ0n) is 18.4. The molecule has 0 aromatic carbocycles. The van der Waals surface area contributed by atoms with Crippen LogP contribution < -0.4 is 0 Å². The van der Waals surface area contributed by atoms with E-state index in [9.17, 15) is 14.9 Å². The minimum absolute atomic E-state index is 0.0420. The van der Waals surface area contributed by atoms with Gasteiger partial charge in [0.15, 0.2) is 6.19 Å². The van der Waals surface area contributed by atoms with Crippen LogP contribution in [0.3, 0.4) is 0 Å². The molecule has 0 spiro atoms. The minimum Gasteiger partial charge on any atom is -0.466 e. The topological polar surface area (TPSA) is 79.6 Å². The number of hydrogen-bond donors (Lipinski definition) is 0. The molecule has 0 aliphatic heterocycles. The molecule has 0 aliphatic carbocycles. The number of nitriles is 1. The van der Waals surface area contributed by atoms with Gasteiger partial charge in [0.05, 0.1) is 6.61 Å². The quantitative estimate of drug-likeness (QED) is 0.152. The number of unbranched alkanes of at least 4 members (excludes halogenated alkanes) is 3. The highest BCUT2D eigenvalue weighted by atomic mass is 16.5. The van der Waals surface area contributed by atoms with Crippen LogP contribution in [0.1, 0.15) is 91.9 Å². The average molecular weight is 397 g/mol. The second-order valence-corrected chi connectivity index (χ2v) is 7.75. The van der Waals surface area contributed by atoms with E-state index in [0.29, 0.717) is 25.5 Å². The fourth-order valence-electron chi connectivity index (χ4n) is 3.13. The van der Waals surface area contributed by atoms with Crippen molar-refractivity contribution in [2.24, 2.45) is 5.92 Å². The first-order valence-corrected chi connectivity index (χ1v) is 10.9. The third-order valence-corrected chi connectivity index (χ3v) is 4.60. The molecular weight excluding hydrogens is 356 g/mol. The van der Waals surface area contributed by atoms with Gasteiger partial charge < -0.3 is 14.4 Å². The molecule has 0 amide bonds. The first-order valence-electron chi connectivity index (χ1n) is 10.9. The predicted octanol–water partition coefficient (Wildman–Crippen LogP) is 4.82. The number of rotatable bonds is 17. The SMILES string of the molecule is CCOC(=O)CCCCCCN(C#N)CCCC(CCCC(C)C)OC(C)=O. The summed E-state index contributed by atoms with van der Waals surface area (Å²) >= 11 is 0. The Bertz CT molecular complexity index is 460. The van der Waals surface area contributed by atoms with Gasteiger partial charge >= 0.3 is 11.9 Å². The van der Waals surface area contributed by atoms with Gasteiger partial charge in [0.2, 0.25) is 0 Å². The summed E-state index contributed by atoms with van der Waals surface area (Å²) < 4.78 is 10.3. The molecule has 6 heteroatoms. The maximum atomic E-state index is 11.3. The summed E-state index contributed by atoms with van der Waals surface area (Å²) in [6.07, 6.45) is 11.2. The molecule has 1 atom stereocenters. The molecule has 0 saturated carbocycles. The summed E-state index contributed by atoms with van der Waals surface area (Å²) in [7, 11) is 0. The van der Waals surface area contributed by atoms with Crippen molar-refractivity contribution in [3.05, 3.63) is 0 Å². The van der Waals surface area contributed by atoms with Gasteiger partial charge in [0.25, 0.3) is 0 Å². The van der Waals surface area contributed by atoms with E-state index in [-0.39, 0.29) is 18.0 Å². The summed E-state index contributed by atoms with van der Waals surface area (Å²) in [5.41, 5.74) is 0. The molecule has 0 fully saturated rings. The van der Waals surface area contributed by atoms with Gasteiger partial charge in [0.1, 0.15) is 6.10 Å². The van der Waals surface area contributed by atoms with Crippen LogP contribution in [0.4, 0.5) is 0 Å². The number of esters is 2. The number of hydrogen-bond acceptors (Lipinski definition) is 6. The van der Waals surface area contributed by atoms with Gasteiger partial charge in [-0.2, -0.15) is 5.26 Å². The van der Waals surface area contributed by atoms with E-state index in [2.05, 4.69) is 20.0 Å². The van der Waals surface area contributed by atoms with Crippen molar-refractivity contribution < 1.29 is 19.1 Å². The Morgan fingerprint density at radius 3 is 2.21 bits per heavy atom. The minimum atomic E-state index is -0.227. The van der Waals surface area contributed by atoms with Crippen molar-refractivity contribution >= 4 is 11.9 Å². The Hall–Kier alpha value is -1.77. The molecule has 0 heterocycles. The van der Waals surface area contributed by atoms with Crippen molar-refractivity contribution in [1.82, 2.24) is 4.90 Å². The Labute approximate surface area is 171 Å². The first kappa shape index (κ1) is 26.2. The lowest BCUT2D eigenvalue weighted by Gasteiger charge is -2.20. The van der Waals surface area contributed by atoms with Crippen LogP contribution in [0, 0.1) is 17.4 Å².